The van der Waals surface area contributed by atoms with Gasteiger partial charge in [-0.2, -0.15) is 5.10 Å². The highest BCUT2D eigenvalue weighted by atomic mass is 16.4. The first-order valence-corrected chi connectivity index (χ1v) is 5.09. The molecule has 0 aromatic carbocycles. The van der Waals surface area contributed by atoms with Crippen LogP contribution in [0.1, 0.15) is 17.0 Å². The van der Waals surface area contributed by atoms with E-state index in [-0.39, 0.29) is 6.42 Å². The highest BCUT2D eigenvalue weighted by molar-refractivity contribution is 5.85. The number of aromatic nitrogens is 2. The van der Waals surface area contributed by atoms with Crippen LogP contribution in [0.15, 0.2) is 0 Å². The van der Waals surface area contributed by atoms with E-state index >= 15 is 0 Å². The van der Waals surface area contributed by atoms with Gasteiger partial charge in [-0.1, -0.05) is 0 Å². The van der Waals surface area contributed by atoms with Crippen molar-refractivity contribution in [2.45, 2.75) is 26.3 Å². The molecule has 17 heavy (non-hydrogen) atoms. The van der Waals surface area contributed by atoms with Crippen molar-refractivity contribution in [3.63, 3.8) is 0 Å². The predicted octanol–water partition coefficient (Wildman–Crippen LogP) is -0.869. The summed E-state index contributed by atoms with van der Waals surface area (Å²) in [4.78, 5) is 22.2. The molecule has 1 aromatic rings. The quantitative estimate of drug-likeness (QED) is 0.535. The summed E-state index contributed by atoms with van der Waals surface area (Å²) in [5, 5.41) is 26.3. The summed E-state index contributed by atoms with van der Waals surface area (Å²) in [6, 6.07) is -1.27. The van der Waals surface area contributed by atoms with Gasteiger partial charge >= 0.3 is 5.97 Å². The first-order valence-electron chi connectivity index (χ1n) is 5.09. The third kappa shape index (κ3) is 3.28. The van der Waals surface area contributed by atoms with Crippen molar-refractivity contribution in [1.29, 1.82) is 0 Å². The third-order valence-corrected chi connectivity index (χ3v) is 2.43. The first kappa shape index (κ1) is 13.2. The lowest BCUT2D eigenvalue weighted by Crippen LogP contribution is -2.44. The lowest BCUT2D eigenvalue weighted by molar-refractivity contribution is -0.142. The molecule has 0 radical (unpaired) electrons. The number of aliphatic hydroxyl groups excluding tert-OH is 1. The molecule has 1 rings (SSSR count). The Bertz CT molecular complexity index is 408. The molecule has 7 nitrogen and oxygen atoms in total. The Balaban J connectivity index is 2.64. The standard InChI is InChI=1S/C10H15N3O4/c1-5-7(6(2)13-12-5)3-9(15)11-8(4-14)10(16)17/h8,14H,3-4H2,1-2H3,(H,11,15)(H,12,13)(H,16,17)/t8-/m1/s1. The van der Waals surface area contributed by atoms with E-state index in [1.54, 1.807) is 13.8 Å². The Morgan fingerprint density at radius 2 is 2.12 bits per heavy atom. The van der Waals surface area contributed by atoms with Crippen molar-refractivity contribution in [3.8, 4) is 0 Å². The predicted molar refractivity (Wildman–Crippen MR) is 58.4 cm³/mol. The van der Waals surface area contributed by atoms with Gasteiger partial charge < -0.3 is 15.5 Å². The number of aromatic amines is 1. The topological polar surface area (TPSA) is 115 Å². The molecule has 7 heteroatoms. The molecule has 0 aliphatic rings. The van der Waals surface area contributed by atoms with Crippen LogP contribution in [-0.4, -0.2) is 44.9 Å². The van der Waals surface area contributed by atoms with E-state index in [0.29, 0.717) is 5.69 Å². The lowest BCUT2D eigenvalue weighted by atomic mass is 10.1. The van der Waals surface area contributed by atoms with Crippen LogP contribution in [0.25, 0.3) is 0 Å². The fraction of sp³-hybridized carbons (Fsp3) is 0.500. The SMILES string of the molecule is Cc1n[nH]c(C)c1CC(=O)N[C@H](CO)C(=O)O. The maximum atomic E-state index is 11.6. The van der Waals surface area contributed by atoms with Crippen LogP contribution in [-0.2, 0) is 16.0 Å². The Kier molecular flexibility index (Phi) is 4.22. The maximum absolute atomic E-state index is 11.6. The summed E-state index contributed by atoms with van der Waals surface area (Å²) in [6.07, 6.45) is 0.0396. The molecule has 0 fully saturated rings. The number of aliphatic hydroxyl groups is 1. The van der Waals surface area contributed by atoms with Crippen LogP contribution >= 0.6 is 0 Å². The number of rotatable bonds is 5. The van der Waals surface area contributed by atoms with Crippen LogP contribution in [0.2, 0.25) is 0 Å². The van der Waals surface area contributed by atoms with Gasteiger partial charge in [0, 0.05) is 11.3 Å². The highest BCUT2D eigenvalue weighted by Crippen LogP contribution is 2.09. The van der Waals surface area contributed by atoms with Crippen LogP contribution < -0.4 is 5.32 Å². The number of carboxylic acids is 1. The number of nitrogens with one attached hydrogen (secondary N) is 2. The average molecular weight is 241 g/mol. The van der Waals surface area contributed by atoms with E-state index in [1.807, 2.05) is 0 Å². The number of hydrogen-bond donors (Lipinski definition) is 4. The Hall–Kier alpha value is -1.89. The zero-order chi connectivity index (χ0) is 13.0. The minimum Gasteiger partial charge on any atom is -0.480 e. The molecule has 1 aromatic heterocycles. The van der Waals surface area contributed by atoms with Crippen LogP contribution in [0, 0.1) is 13.8 Å². The number of nitrogens with zero attached hydrogens (tertiary/aromatic N) is 1. The van der Waals surface area contributed by atoms with E-state index < -0.39 is 24.5 Å². The van der Waals surface area contributed by atoms with E-state index in [0.717, 1.165) is 11.3 Å². The van der Waals surface area contributed by atoms with Crippen molar-refractivity contribution in [1.82, 2.24) is 15.5 Å². The molecule has 0 bridgehead atoms. The molecule has 0 saturated heterocycles. The molecule has 94 valence electrons. The van der Waals surface area contributed by atoms with Crippen molar-refractivity contribution in [2.75, 3.05) is 6.61 Å². The van der Waals surface area contributed by atoms with E-state index in [9.17, 15) is 9.59 Å². The minimum atomic E-state index is -1.27. The number of carboxylic acid groups (broad SMARTS) is 1. The number of hydrogen-bond acceptors (Lipinski definition) is 4. The van der Waals surface area contributed by atoms with Gasteiger partial charge in [0.1, 0.15) is 6.04 Å². The van der Waals surface area contributed by atoms with Crippen molar-refractivity contribution in [2.24, 2.45) is 0 Å². The summed E-state index contributed by atoms with van der Waals surface area (Å²) in [6.45, 7) is 2.90. The molecule has 4 N–H and O–H groups in total. The number of carbonyl (C=O) groups excluding carboxylic acids is 1. The summed E-state index contributed by atoms with van der Waals surface area (Å²) in [7, 11) is 0. The second-order valence-electron chi connectivity index (χ2n) is 3.73. The highest BCUT2D eigenvalue weighted by Gasteiger charge is 2.20. The molecule has 0 aliphatic carbocycles. The Morgan fingerprint density at radius 1 is 1.47 bits per heavy atom. The molecular weight excluding hydrogens is 226 g/mol. The zero-order valence-electron chi connectivity index (χ0n) is 9.65. The number of aliphatic carboxylic acids is 1. The van der Waals surface area contributed by atoms with E-state index in [1.165, 1.54) is 0 Å². The van der Waals surface area contributed by atoms with Gasteiger partial charge in [-0.3, -0.25) is 9.89 Å². The number of H-pyrrole nitrogens is 1. The number of carbonyl (C=O) groups is 2. The van der Waals surface area contributed by atoms with Crippen LogP contribution in [0.3, 0.4) is 0 Å². The smallest absolute Gasteiger partial charge is 0.328 e. The third-order valence-electron chi connectivity index (χ3n) is 2.43. The minimum absolute atomic E-state index is 0.0396. The van der Waals surface area contributed by atoms with Gasteiger partial charge in [-0.05, 0) is 13.8 Å². The molecule has 1 heterocycles. The van der Waals surface area contributed by atoms with Gasteiger partial charge in [0.05, 0.1) is 18.7 Å². The van der Waals surface area contributed by atoms with Gasteiger partial charge in [0.2, 0.25) is 5.91 Å². The maximum Gasteiger partial charge on any atom is 0.328 e. The second kappa shape index (κ2) is 5.44. The normalized spacial score (nSPS) is 12.2. The van der Waals surface area contributed by atoms with Gasteiger partial charge in [-0.15, -0.1) is 0 Å². The molecule has 0 spiro atoms. The zero-order valence-corrected chi connectivity index (χ0v) is 9.65. The summed E-state index contributed by atoms with van der Waals surface area (Å²) < 4.78 is 0. The average Bonchev–Trinajstić information content (AvgIpc) is 2.57. The number of amides is 1. The number of aryl methyl sites for hydroxylation is 2. The molecule has 0 unspecified atom stereocenters. The monoisotopic (exact) mass is 241 g/mol. The van der Waals surface area contributed by atoms with Crippen LogP contribution in [0.4, 0.5) is 0 Å². The van der Waals surface area contributed by atoms with Gasteiger partial charge in [-0.25, -0.2) is 4.79 Å². The van der Waals surface area contributed by atoms with Crippen molar-refractivity contribution in [3.05, 3.63) is 17.0 Å². The first-order chi connectivity index (χ1) is 7.95. The van der Waals surface area contributed by atoms with Gasteiger partial charge in [0.15, 0.2) is 0 Å². The van der Waals surface area contributed by atoms with E-state index in [4.69, 9.17) is 10.2 Å². The van der Waals surface area contributed by atoms with Gasteiger partial charge in [0.25, 0.3) is 0 Å². The molecular formula is C10H15N3O4. The summed E-state index contributed by atoms with van der Waals surface area (Å²) >= 11 is 0. The molecule has 1 amide bonds. The van der Waals surface area contributed by atoms with Crippen LogP contribution in [0.5, 0.6) is 0 Å². The molecule has 1 atom stereocenters. The fourth-order valence-corrected chi connectivity index (χ4v) is 1.43. The Labute approximate surface area is 97.8 Å². The van der Waals surface area contributed by atoms with E-state index in [2.05, 4.69) is 15.5 Å². The lowest BCUT2D eigenvalue weighted by Gasteiger charge is -2.11. The van der Waals surface area contributed by atoms with Crippen molar-refractivity contribution < 1.29 is 19.8 Å². The molecule has 0 saturated carbocycles. The second-order valence-corrected chi connectivity index (χ2v) is 3.73. The Morgan fingerprint density at radius 3 is 2.53 bits per heavy atom. The summed E-state index contributed by atoms with van der Waals surface area (Å²) in [5.41, 5.74) is 2.21. The van der Waals surface area contributed by atoms with Crippen molar-refractivity contribution >= 4 is 11.9 Å². The molecule has 0 aliphatic heterocycles. The fourth-order valence-electron chi connectivity index (χ4n) is 1.43. The summed E-state index contributed by atoms with van der Waals surface area (Å²) in [5.74, 6) is -1.72. The largest absolute Gasteiger partial charge is 0.480 e.